The Bertz CT molecular complexity index is 832. The molecule has 0 aliphatic heterocycles. The van der Waals surface area contributed by atoms with E-state index in [-0.39, 0.29) is 0 Å². The van der Waals surface area contributed by atoms with Gasteiger partial charge in [-0.2, -0.15) is 10.4 Å². The Labute approximate surface area is 110 Å². The summed E-state index contributed by atoms with van der Waals surface area (Å²) in [6.45, 7) is 0. The summed E-state index contributed by atoms with van der Waals surface area (Å²) in [7, 11) is 0. The van der Waals surface area contributed by atoms with E-state index in [0.29, 0.717) is 11.3 Å². The molecular formula is C15H8N4. The SMILES string of the molecule is C#Cc1ccc2c(C#N)c(-c3cccnc3)nn2c1. The van der Waals surface area contributed by atoms with Gasteiger partial charge in [0, 0.05) is 29.7 Å². The molecule has 3 rings (SSSR count). The standard InChI is InChI=1S/C15H8N4/c1-2-11-5-6-14-13(8-16)15(18-19(14)10-11)12-4-3-7-17-9-12/h1,3-7,9-10H. The molecule has 0 amide bonds. The number of nitrogens with zero attached hydrogens (tertiary/aromatic N) is 4. The van der Waals surface area contributed by atoms with Gasteiger partial charge in [0.1, 0.15) is 17.3 Å². The Kier molecular flexibility index (Phi) is 2.48. The normalized spacial score (nSPS) is 10.0. The largest absolute Gasteiger partial charge is 0.264 e. The number of rotatable bonds is 1. The molecule has 0 aromatic carbocycles. The molecule has 0 spiro atoms. The van der Waals surface area contributed by atoms with E-state index in [4.69, 9.17) is 6.42 Å². The molecule has 0 saturated carbocycles. The summed E-state index contributed by atoms with van der Waals surface area (Å²) < 4.78 is 1.64. The second-order valence-corrected chi connectivity index (χ2v) is 3.97. The molecule has 0 bridgehead atoms. The van der Waals surface area contributed by atoms with Gasteiger partial charge in [-0.3, -0.25) is 4.98 Å². The van der Waals surface area contributed by atoms with Crippen LogP contribution in [-0.2, 0) is 0 Å². The van der Waals surface area contributed by atoms with Crippen LogP contribution in [0.4, 0.5) is 0 Å². The first-order chi connectivity index (χ1) is 9.33. The first-order valence-electron chi connectivity index (χ1n) is 5.63. The summed E-state index contributed by atoms with van der Waals surface area (Å²) in [4.78, 5) is 4.05. The second kappa shape index (κ2) is 4.29. The number of nitriles is 1. The molecule has 0 atom stereocenters. The highest BCUT2D eigenvalue weighted by molar-refractivity contribution is 5.76. The molecule has 0 N–H and O–H groups in total. The summed E-state index contributed by atoms with van der Waals surface area (Å²) in [5, 5.41) is 13.8. The minimum Gasteiger partial charge on any atom is -0.264 e. The number of pyridine rings is 2. The molecule has 4 nitrogen and oxygen atoms in total. The van der Waals surface area contributed by atoms with Crippen molar-refractivity contribution in [1.29, 1.82) is 5.26 Å². The Morgan fingerprint density at radius 2 is 2.16 bits per heavy atom. The lowest BCUT2D eigenvalue weighted by atomic mass is 10.1. The number of terminal acetylenes is 1. The van der Waals surface area contributed by atoms with E-state index < -0.39 is 0 Å². The van der Waals surface area contributed by atoms with E-state index in [1.807, 2.05) is 12.1 Å². The van der Waals surface area contributed by atoms with Gasteiger partial charge in [-0.05, 0) is 24.3 Å². The Hall–Kier alpha value is -3.11. The summed E-state index contributed by atoms with van der Waals surface area (Å²) >= 11 is 0. The van der Waals surface area contributed by atoms with Gasteiger partial charge >= 0.3 is 0 Å². The topological polar surface area (TPSA) is 54.0 Å². The fraction of sp³-hybridized carbons (Fsp3) is 0. The molecule has 0 saturated heterocycles. The molecule has 88 valence electrons. The van der Waals surface area contributed by atoms with Crippen molar-refractivity contribution in [3.05, 3.63) is 54.0 Å². The number of hydrogen-bond acceptors (Lipinski definition) is 3. The van der Waals surface area contributed by atoms with Crippen molar-refractivity contribution in [3.8, 4) is 29.7 Å². The fourth-order valence-corrected chi connectivity index (χ4v) is 1.95. The summed E-state index contributed by atoms with van der Waals surface area (Å²) in [5.41, 5.74) is 3.41. The number of hydrogen-bond donors (Lipinski definition) is 0. The van der Waals surface area contributed by atoms with E-state index in [0.717, 1.165) is 16.6 Å². The summed E-state index contributed by atoms with van der Waals surface area (Å²) in [6.07, 6.45) is 10.5. The highest BCUT2D eigenvalue weighted by Gasteiger charge is 2.14. The van der Waals surface area contributed by atoms with Crippen LogP contribution in [0.3, 0.4) is 0 Å². The van der Waals surface area contributed by atoms with Crippen molar-refractivity contribution in [2.24, 2.45) is 0 Å². The third kappa shape index (κ3) is 1.72. The average Bonchev–Trinajstić information content (AvgIpc) is 2.85. The van der Waals surface area contributed by atoms with Crippen molar-refractivity contribution in [1.82, 2.24) is 14.6 Å². The summed E-state index contributed by atoms with van der Waals surface area (Å²) in [5.74, 6) is 2.55. The van der Waals surface area contributed by atoms with Crippen molar-refractivity contribution < 1.29 is 0 Å². The van der Waals surface area contributed by atoms with Gasteiger partial charge < -0.3 is 0 Å². The molecule has 4 heteroatoms. The molecule has 3 heterocycles. The maximum absolute atomic E-state index is 9.33. The van der Waals surface area contributed by atoms with Gasteiger partial charge in [0.2, 0.25) is 0 Å². The average molecular weight is 244 g/mol. The zero-order chi connectivity index (χ0) is 13.2. The van der Waals surface area contributed by atoms with E-state index >= 15 is 0 Å². The van der Waals surface area contributed by atoms with Crippen LogP contribution in [0.2, 0.25) is 0 Å². The van der Waals surface area contributed by atoms with Gasteiger partial charge in [-0.1, -0.05) is 5.92 Å². The molecule has 0 unspecified atom stereocenters. The lowest BCUT2D eigenvalue weighted by Gasteiger charge is -1.94. The van der Waals surface area contributed by atoms with Crippen LogP contribution in [0, 0.1) is 23.7 Å². The van der Waals surface area contributed by atoms with Crippen molar-refractivity contribution >= 4 is 5.52 Å². The summed E-state index contributed by atoms with van der Waals surface area (Å²) in [6, 6.07) is 9.48. The Balaban J connectivity index is 2.33. The molecule has 0 aliphatic rings. The van der Waals surface area contributed by atoms with Crippen LogP contribution in [-0.4, -0.2) is 14.6 Å². The van der Waals surface area contributed by atoms with Crippen molar-refractivity contribution in [2.75, 3.05) is 0 Å². The van der Waals surface area contributed by atoms with Crippen LogP contribution in [0.5, 0.6) is 0 Å². The Morgan fingerprint density at radius 3 is 2.84 bits per heavy atom. The first-order valence-corrected chi connectivity index (χ1v) is 5.63. The minimum atomic E-state index is 0.525. The van der Waals surface area contributed by atoms with Crippen LogP contribution in [0.1, 0.15) is 11.1 Å². The third-order valence-electron chi connectivity index (χ3n) is 2.84. The van der Waals surface area contributed by atoms with Gasteiger partial charge in [-0.15, -0.1) is 6.42 Å². The van der Waals surface area contributed by atoms with Crippen LogP contribution < -0.4 is 0 Å². The lowest BCUT2D eigenvalue weighted by Crippen LogP contribution is -1.88. The predicted molar refractivity (Wildman–Crippen MR) is 71.1 cm³/mol. The van der Waals surface area contributed by atoms with Gasteiger partial charge in [0.25, 0.3) is 0 Å². The molecule has 0 fully saturated rings. The molecule has 3 aromatic rings. The lowest BCUT2D eigenvalue weighted by molar-refractivity contribution is 0.962. The zero-order valence-corrected chi connectivity index (χ0v) is 9.91. The number of fused-ring (bicyclic) bond motifs is 1. The van der Waals surface area contributed by atoms with Gasteiger partial charge in [-0.25, -0.2) is 4.52 Å². The minimum absolute atomic E-state index is 0.525. The van der Waals surface area contributed by atoms with E-state index in [2.05, 4.69) is 22.1 Å². The third-order valence-corrected chi connectivity index (χ3v) is 2.84. The van der Waals surface area contributed by atoms with Crippen LogP contribution >= 0.6 is 0 Å². The molecule has 3 aromatic heterocycles. The smallest absolute Gasteiger partial charge is 0.113 e. The second-order valence-electron chi connectivity index (χ2n) is 3.97. The molecule has 19 heavy (non-hydrogen) atoms. The predicted octanol–water partition coefficient (Wildman–Crippen LogP) is 2.25. The van der Waals surface area contributed by atoms with Gasteiger partial charge in [0.05, 0.1) is 5.52 Å². The highest BCUT2D eigenvalue weighted by atomic mass is 15.2. The quantitative estimate of drug-likeness (QED) is 0.617. The molecule has 0 radical (unpaired) electrons. The van der Waals surface area contributed by atoms with E-state index in [1.165, 1.54) is 0 Å². The monoisotopic (exact) mass is 244 g/mol. The van der Waals surface area contributed by atoms with Crippen LogP contribution in [0.15, 0.2) is 42.9 Å². The van der Waals surface area contributed by atoms with Gasteiger partial charge in [0.15, 0.2) is 0 Å². The maximum atomic E-state index is 9.33. The maximum Gasteiger partial charge on any atom is 0.113 e. The van der Waals surface area contributed by atoms with Crippen molar-refractivity contribution in [2.45, 2.75) is 0 Å². The number of aromatic nitrogens is 3. The first kappa shape index (κ1) is 11.0. The van der Waals surface area contributed by atoms with Crippen LogP contribution in [0.25, 0.3) is 16.8 Å². The zero-order valence-electron chi connectivity index (χ0n) is 9.91. The van der Waals surface area contributed by atoms with E-state index in [9.17, 15) is 5.26 Å². The molecule has 0 aliphatic carbocycles. The van der Waals surface area contributed by atoms with Crippen molar-refractivity contribution in [3.63, 3.8) is 0 Å². The highest BCUT2D eigenvalue weighted by Crippen LogP contribution is 2.24. The van der Waals surface area contributed by atoms with E-state index in [1.54, 1.807) is 35.2 Å². The Morgan fingerprint density at radius 1 is 1.26 bits per heavy atom. The molecular weight excluding hydrogens is 236 g/mol. The fourth-order valence-electron chi connectivity index (χ4n) is 1.95.